The summed E-state index contributed by atoms with van der Waals surface area (Å²) >= 11 is 7.20. The molecule has 0 radical (unpaired) electrons. The van der Waals surface area contributed by atoms with Crippen LogP contribution >= 0.6 is 23.4 Å². The van der Waals surface area contributed by atoms with E-state index in [-0.39, 0.29) is 23.0 Å². The number of carbonyl (C=O) groups excluding carboxylic acids is 1. The molecule has 1 amide bonds. The second-order valence-corrected chi connectivity index (χ2v) is 10.8. The predicted octanol–water partition coefficient (Wildman–Crippen LogP) is 5.12. The predicted molar refractivity (Wildman–Crippen MR) is 135 cm³/mol. The maximum atomic E-state index is 13.5. The van der Waals surface area contributed by atoms with Crippen molar-refractivity contribution in [3.05, 3.63) is 69.2 Å². The van der Waals surface area contributed by atoms with Crippen LogP contribution in [-0.4, -0.2) is 62.9 Å². The third-order valence-electron chi connectivity index (χ3n) is 7.03. The zero-order valence-corrected chi connectivity index (χ0v) is 20.7. The number of likely N-dealkylation sites (tertiary alicyclic amines) is 2. The lowest BCUT2D eigenvalue weighted by molar-refractivity contribution is -0.138. The number of benzene rings is 2. The Labute approximate surface area is 214 Å². The van der Waals surface area contributed by atoms with E-state index in [4.69, 9.17) is 11.6 Å². The number of hydrogen-bond acceptors (Lipinski definition) is 5. The number of alkyl halides is 3. The van der Waals surface area contributed by atoms with Crippen LogP contribution in [0.25, 0.3) is 17.0 Å². The van der Waals surface area contributed by atoms with Gasteiger partial charge in [0.2, 0.25) is 0 Å². The fraction of sp³-hybridized carbons (Fsp3) is 0.320. The van der Waals surface area contributed by atoms with Gasteiger partial charge in [0, 0.05) is 35.6 Å². The first-order valence-electron chi connectivity index (χ1n) is 11.5. The van der Waals surface area contributed by atoms with Crippen LogP contribution in [0.15, 0.2) is 52.5 Å². The second kappa shape index (κ2) is 8.64. The number of aliphatic imine (C=N–C) groups is 1. The molecule has 0 N–H and O–H groups in total. The van der Waals surface area contributed by atoms with Crippen LogP contribution in [0.3, 0.4) is 0 Å². The average molecular weight is 532 g/mol. The number of thioether (sulfide) groups is 1. The molecule has 2 aromatic carbocycles. The van der Waals surface area contributed by atoms with E-state index in [0.717, 1.165) is 41.7 Å². The Morgan fingerprint density at radius 3 is 2.72 bits per heavy atom. The summed E-state index contributed by atoms with van der Waals surface area (Å²) in [6.45, 7) is 1.83. The number of halogens is 4. The van der Waals surface area contributed by atoms with Crippen molar-refractivity contribution in [1.29, 1.82) is 0 Å². The molecule has 0 aliphatic carbocycles. The van der Waals surface area contributed by atoms with Crippen LogP contribution in [0.5, 0.6) is 0 Å². The fourth-order valence-electron chi connectivity index (χ4n) is 5.21. The van der Waals surface area contributed by atoms with Crippen molar-refractivity contribution in [3.63, 3.8) is 0 Å². The minimum Gasteiger partial charge on any atom is -0.345 e. The molecule has 0 saturated carbocycles. The van der Waals surface area contributed by atoms with E-state index < -0.39 is 11.7 Å². The van der Waals surface area contributed by atoms with E-state index in [1.807, 2.05) is 18.2 Å². The van der Waals surface area contributed by atoms with Gasteiger partial charge in [0.05, 0.1) is 28.7 Å². The van der Waals surface area contributed by atoms with Crippen LogP contribution in [0.2, 0.25) is 5.02 Å². The third kappa shape index (κ3) is 4.21. The molecule has 2 unspecified atom stereocenters. The van der Waals surface area contributed by atoms with Crippen molar-refractivity contribution in [1.82, 2.24) is 19.6 Å². The van der Waals surface area contributed by atoms with E-state index in [2.05, 4.69) is 26.9 Å². The van der Waals surface area contributed by atoms with Gasteiger partial charge in [0.1, 0.15) is 0 Å². The van der Waals surface area contributed by atoms with E-state index in [0.29, 0.717) is 22.5 Å². The van der Waals surface area contributed by atoms with Gasteiger partial charge in [-0.05, 0) is 66.7 Å². The number of nitrogens with zero attached hydrogens (tertiary/aromatic N) is 5. The standard InChI is InChI=1S/C25H21ClF3N5OS/c1-32-12-19-9-18(32)13-33(19)24-31-23(35)22(36-24)7-14-2-5-21-16(6-14)10-30-34(21)11-15-3-4-17(26)8-20(15)25(27,28)29/h2-8,10,18-19H,9,11-13H2,1H3. The summed E-state index contributed by atoms with van der Waals surface area (Å²) in [4.78, 5) is 22.0. The van der Waals surface area contributed by atoms with E-state index in [1.165, 1.54) is 28.6 Å². The maximum Gasteiger partial charge on any atom is 0.416 e. The normalized spacial score (nSPS) is 23.5. The minimum atomic E-state index is -4.51. The minimum absolute atomic E-state index is 0.0325. The summed E-state index contributed by atoms with van der Waals surface area (Å²) in [6.07, 6.45) is 0.00909. The smallest absolute Gasteiger partial charge is 0.345 e. The average Bonchev–Trinajstić information content (AvgIpc) is 3.58. The monoisotopic (exact) mass is 531 g/mol. The van der Waals surface area contributed by atoms with Gasteiger partial charge in [0.25, 0.3) is 5.91 Å². The Morgan fingerprint density at radius 1 is 1.17 bits per heavy atom. The van der Waals surface area contributed by atoms with Gasteiger partial charge < -0.3 is 4.90 Å². The van der Waals surface area contributed by atoms with Gasteiger partial charge in [-0.15, -0.1) is 0 Å². The van der Waals surface area contributed by atoms with Gasteiger partial charge in [-0.3, -0.25) is 14.4 Å². The molecular formula is C25H21ClF3N5OS. The van der Waals surface area contributed by atoms with Crippen molar-refractivity contribution in [2.24, 2.45) is 4.99 Å². The highest BCUT2D eigenvalue weighted by atomic mass is 35.5. The Balaban J connectivity index is 1.22. The van der Waals surface area contributed by atoms with Crippen molar-refractivity contribution in [3.8, 4) is 0 Å². The molecule has 2 saturated heterocycles. The molecular weight excluding hydrogens is 511 g/mol. The molecule has 0 spiro atoms. The maximum absolute atomic E-state index is 13.5. The second-order valence-electron chi connectivity index (χ2n) is 9.37. The zero-order valence-electron chi connectivity index (χ0n) is 19.2. The number of amides is 1. The van der Waals surface area contributed by atoms with Crippen molar-refractivity contribution in [2.45, 2.75) is 31.2 Å². The highest BCUT2D eigenvalue weighted by Crippen LogP contribution is 2.38. The number of amidine groups is 1. The largest absolute Gasteiger partial charge is 0.416 e. The number of fused-ring (bicyclic) bond motifs is 3. The van der Waals surface area contributed by atoms with Gasteiger partial charge >= 0.3 is 6.18 Å². The van der Waals surface area contributed by atoms with Crippen LogP contribution in [0.4, 0.5) is 13.2 Å². The number of aromatic nitrogens is 2. The summed E-state index contributed by atoms with van der Waals surface area (Å²) in [6, 6.07) is 10.2. The summed E-state index contributed by atoms with van der Waals surface area (Å²) in [7, 11) is 2.13. The summed E-state index contributed by atoms with van der Waals surface area (Å²) < 4.78 is 42.0. The fourth-order valence-corrected chi connectivity index (χ4v) is 6.37. The van der Waals surface area contributed by atoms with Gasteiger partial charge in [-0.25, -0.2) is 0 Å². The Bertz CT molecular complexity index is 1450. The van der Waals surface area contributed by atoms with Crippen LogP contribution in [-0.2, 0) is 17.5 Å². The summed E-state index contributed by atoms with van der Waals surface area (Å²) in [5.41, 5.74) is 0.812. The highest BCUT2D eigenvalue weighted by Gasteiger charge is 2.44. The molecule has 2 atom stereocenters. The van der Waals surface area contributed by atoms with Crippen molar-refractivity contribution >= 4 is 51.4 Å². The Morgan fingerprint density at radius 2 is 2.00 bits per heavy atom. The lowest BCUT2D eigenvalue weighted by Gasteiger charge is -2.32. The molecule has 11 heteroatoms. The van der Waals surface area contributed by atoms with E-state index in [9.17, 15) is 18.0 Å². The first-order chi connectivity index (χ1) is 17.2. The molecule has 4 heterocycles. The lowest BCUT2D eigenvalue weighted by Crippen LogP contribution is -2.46. The molecule has 2 bridgehead atoms. The molecule has 2 fully saturated rings. The molecule has 3 aliphatic rings. The van der Waals surface area contributed by atoms with E-state index >= 15 is 0 Å². The topological polar surface area (TPSA) is 53.7 Å². The Kier molecular flexibility index (Phi) is 5.66. The van der Waals surface area contributed by atoms with Gasteiger partial charge in [-0.1, -0.05) is 23.7 Å². The molecule has 6 rings (SSSR count). The number of piperazine rings is 1. The van der Waals surface area contributed by atoms with Gasteiger partial charge in [0.15, 0.2) is 5.17 Å². The SMILES string of the molecule is CN1CC2CC1CN2C1=NC(=O)C(=Cc2ccc3c(cnn3Cc3ccc(Cl)cc3C(F)(F)F)c2)S1. The zero-order chi connectivity index (χ0) is 25.2. The lowest BCUT2D eigenvalue weighted by atomic mass is 10.1. The number of rotatable bonds is 3. The first-order valence-corrected chi connectivity index (χ1v) is 12.7. The van der Waals surface area contributed by atoms with E-state index in [1.54, 1.807) is 12.3 Å². The first kappa shape index (κ1) is 23.6. The molecule has 186 valence electrons. The third-order valence-corrected chi connectivity index (χ3v) is 8.29. The quantitative estimate of drug-likeness (QED) is 0.439. The number of hydrogen-bond donors (Lipinski definition) is 0. The van der Waals surface area contributed by atoms with Gasteiger partial charge in [-0.2, -0.15) is 23.3 Å². The van der Waals surface area contributed by atoms with Crippen molar-refractivity contribution in [2.75, 3.05) is 20.1 Å². The molecule has 6 nitrogen and oxygen atoms in total. The van der Waals surface area contributed by atoms with Crippen LogP contribution in [0, 0.1) is 0 Å². The molecule has 36 heavy (non-hydrogen) atoms. The molecule has 3 aromatic rings. The molecule has 3 aliphatic heterocycles. The van der Waals surface area contributed by atoms with Crippen LogP contribution in [0.1, 0.15) is 23.1 Å². The Hall–Kier alpha value is -2.82. The number of likely N-dealkylation sites (N-methyl/N-ethyl adjacent to an activating group) is 1. The highest BCUT2D eigenvalue weighted by molar-refractivity contribution is 8.18. The number of carbonyl (C=O) groups is 1. The summed E-state index contributed by atoms with van der Waals surface area (Å²) in [5, 5.41) is 5.87. The van der Waals surface area contributed by atoms with Crippen molar-refractivity contribution < 1.29 is 18.0 Å². The molecule has 1 aromatic heterocycles. The van der Waals surface area contributed by atoms with Crippen LogP contribution < -0.4 is 0 Å². The summed E-state index contributed by atoms with van der Waals surface area (Å²) in [5.74, 6) is -0.246.